The molecule has 0 heterocycles. The third-order valence-corrected chi connectivity index (χ3v) is 12.6. The summed E-state index contributed by atoms with van der Waals surface area (Å²) in [6.45, 7) is 6.49. The van der Waals surface area contributed by atoms with Crippen LogP contribution in [0.1, 0.15) is 278 Å². The summed E-state index contributed by atoms with van der Waals surface area (Å²) in [4.78, 5) is 38.2. The van der Waals surface area contributed by atoms with E-state index in [2.05, 4.69) is 39.0 Å². The maximum Gasteiger partial charge on any atom is 0.306 e. The van der Waals surface area contributed by atoms with Crippen LogP contribution in [0, 0.1) is 0 Å². The van der Waals surface area contributed by atoms with Crippen LogP contribution >= 0.6 is 0 Å². The Balaban J connectivity index is 4.46. The summed E-state index contributed by atoms with van der Waals surface area (Å²) in [6, 6.07) is 0. The van der Waals surface area contributed by atoms with Gasteiger partial charge < -0.3 is 14.2 Å². The lowest BCUT2D eigenvalue weighted by molar-refractivity contribution is -0.167. The molecular formula is C63H108O6. The number of unbranched alkanes of at least 4 members (excludes halogenated alkanes) is 33. The van der Waals surface area contributed by atoms with Gasteiger partial charge in [0.05, 0.1) is 0 Å². The minimum Gasteiger partial charge on any atom is -0.462 e. The van der Waals surface area contributed by atoms with E-state index >= 15 is 0 Å². The van der Waals surface area contributed by atoms with Crippen LogP contribution in [0.15, 0.2) is 85.1 Å². The fourth-order valence-corrected chi connectivity index (χ4v) is 8.25. The first-order chi connectivity index (χ1) is 34.0. The first kappa shape index (κ1) is 65.6. The number of carbonyl (C=O) groups is 3. The van der Waals surface area contributed by atoms with Crippen LogP contribution in [0.3, 0.4) is 0 Å². The van der Waals surface area contributed by atoms with E-state index in [-0.39, 0.29) is 31.1 Å². The molecule has 1 unspecified atom stereocenters. The summed E-state index contributed by atoms with van der Waals surface area (Å²) < 4.78 is 16.9. The second kappa shape index (κ2) is 57.2. The molecule has 0 aromatic rings. The van der Waals surface area contributed by atoms with Gasteiger partial charge in [-0.1, -0.05) is 305 Å². The third kappa shape index (κ3) is 55.4. The number of esters is 3. The molecule has 396 valence electrons. The molecule has 0 aliphatic rings. The van der Waals surface area contributed by atoms with Crippen molar-refractivity contribution in [3.63, 3.8) is 0 Å². The summed E-state index contributed by atoms with van der Waals surface area (Å²) >= 11 is 0. The van der Waals surface area contributed by atoms with E-state index in [9.17, 15) is 14.4 Å². The van der Waals surface area contributed by atoms with Gasteiger partial charge in [-0.25, -0.2) is 0 Å². The van der Waals surface area contributed by atoms with Crippen LogP contribution in [0.4, 0.5) is 0 Å². The van der Waals surface area contributed by atoms with Gasteiger partial charge in [0.25, 0.3) is 0 Å². The molecule has 0 bridgehead atoms. The molecular weight excluding hydrogens is 853 g/mol. The summed E-state index contributed by atoms with van der Waals surface area (Å²) in [6.07, 6.45) is 74.2. The van der Waals surface area contributed by atoms with Crippen molar-refractivity contribution in [2.45, 2.75) is 284 Å². The van der Waals surface area contributed by atoms with Gasteiger partial charge in [-0.2, -0.15) is 0 Å². The molecule has 0 saturated carbocycles. The van der Waals surface area contributed by atoms with Gasteiger partial charge in [0.15, 0.2) is 6.10 Å². The minimum absolute atomic E-state index is 0.0878. The lowest BCUT2D eigenvalue weighted by Crippen LogP contribution is -2.30. The SMILES string of the molecule is CC\C=C/C=C\C=C/C=C\C=C\C=C/C=C\CCCCCC(=O)OCC(COC(=O)CCCCCCCCCCCCCCCCCC)OC(=O)CCCCCCCCCCCCCCCCCC. The first-order valence-electron chi connectivity index (χ1n) is 29.2. The summed E-state index contributed by atoms with van der Waals surface area (Å²) in [5, 5.41) is 0. The maximum atomic E-state index is 12.9. The first-order valence-corrected chi connectivity index (χ1v) is 29.2. The molecule has 6 heteroatoms. The maximum absolute atomic E-state index is 12.9. The lowest BCUT2D eigenvalue weighted by Gasteiger charge is -2.18. The number of ether oxygens (including phenoxy) is 3. The summed E-state index contributed by atoms with van der Waals surface area (Å²) in [7, 11) is 0. The zero-order valence-corrected chi connectivity index (χ0v) is 45.3. The second-order valence-electron chi connectivity index (χ2n) is 19.4. The predicted molar refractivity (Wildman–Crippen MR) is 297 cm³/mol. The zero-order chi connectivity index (χ0) is 50.0. The van der Waals surface area contributed by atoms with Crippen molar-refractivity contribution in [3.8, 4) is 0 Å². The van der Waals surface area contributed by atoms with E-state index in [4.69, 9.17) is 14.2 Å². The van der Waals surface area contributed by atoms with E-state index in [0.717, 1.165) is 70.6 Å². The number of rotatable bonds is 52. The average Bonchev–Trinajstić information content (AvgIpc) is 3.35. The Hall–Kier alpha value is -3.41. The third-order valence-electron chi connectivity index (χ3n) is 12.6. The van der Waals surface area contributed by atoms with Gasteiger partial charge in [0.1, 0.15) is 13.2 Å². The number of hydrogen-bond donors (Lipinski definition) is 0. The van der Waals surface area contributed by atoms with Crippen molar-refractivity contribution in [2.24, 2.45) is 0 Å². The predicted octanol–water partition coefficient (Wildman–Crippen LogP) is 19.5. The van der Waals surface area contributed by atoms with Gasteiger partial charge in [0.2, 0.25) is 0 Å². The van der Waals surface area contributed by atoms with Crippen LogP contribution < -0.4 is 0 Å². The highest BCUT2D eigenvalue weighted by molar-refractivity contribution is 5.71. The normalized spacial score (nSPS) is 12.7. The van der Waals surface area contributed by atoms with Crippen LogP contribution in [-0.4, -0.2) is 37.2 Å². The average molecular weight is 962 g/mol. The highest BCUT2D eigenvalue weighted by atomic mass is 16.6. The fraction of sp³-hybridized carbons (Fsp3) is 0.730. The molecule has 69 heavy (non-hydrogen) atoms. The Kier molecular flexibility index (Phi) is 54.3. The van der Waals surface area contributed by atoms with E-state index in [1.807, 2.05) is 66.8 Å². The standard InChI is InChI=1S/C63H108O6/c1-4-7-10-13-16-19-22-25-28-31-32-33-36-38-41-44-47-50-53-56-62(65)68-59-60(69-63(66)57-54-51-48-45-42-39-35-30-27-24-21-18-15-12-9-6-3)58-67-61(64)55-52-49-46-43-40-37-34-29-26-23-20-17-14-11-8-5-2/h7,10,13,16,19,22,25,28,31-33,36,38,41,60H,4-6,8-9,11-12,14-15,17-18,20-21,23-24,26-27,29-30,34-35,37,39-40,42-59H2,1-3H3/b10-7-,16-13-,22-19-,28-25-,32-31+,36-33-,41-38-. The lowest BCUT2D eigenvalue weighted by atomic mass is 10.0. The molecule has 0 aromatic heterocycles. The molecule has 0 aliphatic carbocycles. The topological polar surface area (TPSA) is 78.9 Å². The zero-order valence-electron chi connectivity index (χ0n) is 45.3. The fourth-order valence-electron chi connectivity index (χ4n) is 8.25. The molecule has 0 radical (unpaired) electrons. The van der Waals surface area contributed by atoms with Gasteiger partial charge in [-0.3, -0.25) is 14.4 Å². The van der Waals surface area contributed by atoms with Crippen LogP contribution in [-0.2, 0) is 28.6 Å². The van der Waals surface area contributed by atoms with Crippen molar-refractivity contribution in [1.29, 1.82) is 0 Å². The minimum atomic E-state index is -0.793. The Morgan fingerprint density at radius 2 is 0.565 bits per heavy atom. The van der Waals surface area contributed by atoms with E-state index in [0.29, 0.717) is 19.3 Å². The number of hydrogen-bond acceptors (Lipinski definition) is 6. The highest BCUT2D eigenvalue weighted by Gasteiger charge is 2.19. The Morgan fingerprint density at radius 1 is 0.304 bits per heavy atom. The van der Waals surface area contributed by atoms with E-state index in [1.54, 1.807) is 0 Å². The Labute approximate surface area is 426 Å². The van der Waals surface area contributed by atoms with Crippen molar-refractivity contribution < 1.29 is 28.6 Å². The largest absolute Gasteiger partial charge is 0.462 e. The molecule has 0 N–H and O–H groups in total. The molecule has 0 aliphatic heterocycles. The highest BCUT2D eigenvalue weighted by Crippen LogP contribution is 2.17. The van der Waals surface area contributed by atoms with Gasteiger partial charge in [-0.05, 0) is 38.5 Å². The molecule has 0 aromatic carbocycles. The molecule has 0 saturated heterocycles. The van der Waals surface area contributed by atoms with Gasteiger partial charge in [0, 0.05) is 19.3 Å². The van der Waals surface area contributed by atoms with E-state index < -0.39 is 6.10 Å². The number of allylic oxidation sites excluding steroid dienone is 14. The summed E-state index contributed by atoms with van der Waals surface area (Å²) in [5.41, 5.74) is 0. The van der Waals surface area contributed by atoms with Gasteiger partial charge >= 0.3 is 17.9 Å². The molecule has 6 nitrogen and oxygen atoms in total. The molecule has 0 fully saturated rings. The van der Waals surface area contributed by atoms with Gasteiger partial charge in [-0.15, -0.1) is 0 Å². The van der Waals surface area contributed by atoms with Crippen molar-refractivity contribution in [1.82, 2.24) is 0 Å². The van der Waals surface area contributed by atoms with Crippen LogP contribution in [0.5, 0.6) is 0 Å². The summed E-state index contributed by atoms with van der Waals surface area (Å²) in [5.74, 6) is -0.922. The molecule has 1 atom stereocenters. The van der Waals surface area contributed by atoms with Crippen molar-refractivity contribution in [2.75, 3.05) is 13.2 Å². The van der Waals surface area contributed by atoms with Crippen LogP contribution in [0.25, 0.3) is 0 Å². The number of carbonyl (C=O) groups excluding carboxylic acids is 3. The smallest absolute Gasteiger partial charge is 0.306 e. The van der Waals surface area contributed by atoms with Crippen LogP contribution in [0.2, 0.25) is 0 Å². The Bertz CT molecular complexity index is 1330. The second-order valence-corrected chi connectivity index (χ2v) is 19.4. The molecule has 0 spiro atoms. The Morgan fingerprint density at radius 3 is 0.884 bits per heavy atom. The monoisotopic (exact) mass is 961 g/mol. The van der Waals surface area contributed by atoms with E-state index in [1.165, 1.54) is 167 Å². The molecule has 0 amide bonds. The quantitative estimate of drug-likeness (QED) is 0.0262. The van der Waals surface area contributed by atoms with Crippen molar-refractivity contribution in [3.05, 3.63) is 85.1 Å². The van der Waals surface area contributed by atoms with Crippen molar-refractivity contribution >= 4 is 17.9 Å². The molecule has 0 rings (SSSR count).